The van der Waals surface area contributed by atoms with Gasteiger partial charge in [0.05, 0.1) is 5.69 Å². The van der Waals surface area contributed by atoms with Gasteiger partial charge in [-0.15, -0.1) is 0 Å². The summed E-state index contributed by atoms with van der Waals surface area (Å²) in [5.74, 6) is -1.00. The molecule has 0 fully saturated rings. The molecule has 1 heterocycles. The van der Waals surface area contributed by atoms with Crippen LogP contribution in [0.25, 0.3) is 0 Å². The second-order valence-electron chi connectivity index (χ2n) is 3.42. The SMILES string of the molecule is Cn1nccc1C(=O)Nc1ccc(Cl)cc1F. The molecule has 0 unspecified atom stereocenters. The van der Waals surface area contributed by atoms with E-state index in [0.717, 1.165) is 6.07 Å². The topological polar surface area (TPSA) is 46.9 Å². The summed E-state index contributed by atoms with van der Waals surface area (Å²) in [6, 6.07) is 5.60. The van der Waals surface area contributed by atoms with Gasteiger partial charge in [-0.3, -0.25) is 9.48 Å². The Morgan fingerprint density at radius 3 is 2.82 bits per heavy atom. The summed E-state index contributed by atoms with van der Waals surface area (Å²) in [6.45, 7) is 0. The number of rotatable bonds is 2. The van der Waals surface area contributed by atoms with Gasteiger partial charge in [0, 0.05) is 18.3 Å². The monoisotopic (exact) mass is 253 g/mol. The lowest BCUT2D eigenvalue weighted by Crippen LogP contribution is -2.16. The maximum atomic E-state index is 13.4. The zero-order chi connectivity index (χ0) is 12.4. The Morgan fingerprint density at radius 2 is 2.24 bits per heavy atom. The predicted molar refractivity (Wildman–Crippen MR) is 62.6 cm³/mol. The van der Waals surface area contributed by atoms with Gasteiger partial charge in [0.1, 0.15) is 11.5 Å². The van der Waals surface area contributed by atoms with E-state index in [4.69, 9.17) is 11.6 Å². The van der Waals surface area contributed by atoms with Crippen molar-refractivity contribution >= 4 is 23.2 Å². The first-order valence-electron chi connectivity index (χ1n) is 4.82. The van der Waals surface area contributed by atoms with E-state index in [0.29, 0.717) is 5.69 Å². The van der Waals surface area contributed by atoms with Crippen LogP contribution in [0.2, 0.25) is 5.02 Å². The molecule has 1 amide bonds. The number of aromatic nitrogens is 2. The fourth-order valence-electron chi connectivity index (χ4n) is 1.37. The molecule has 2 aromatic rings. The fraction of sp³-hybridized carbons (Fsp3) is 0.0909. The summed E-state index contributed by atoms with van der Waals surface area (Å²) in [4.78, 5) is 11.8. The number of anilines is 1. The lowest BCUT2D eigenvalue weighted by atomic mass is 10.3. The molecule has 0 radical (unpaired) electrons. The fourth-order valence-corrected chi connectivity index (χ4v) is 1.53. The zero-order valence-electron chi connectivity index (χ0n) is 8.95. The lowest BCUT2D eigenvalue weighted by Gasteiger charge is -2.06. The molecule has 4 nitrogen and oxygen atoms in total. The van der Waals surface area contributed by atoms with Gasteiger partial charge in [-0.2, -0.15) is 5.10 Å². The van der Waals surface area contributed by atoms with Crippen molar-refractivity contribution in [2.24, 2.45) is 7.05 Å². The second kappa shape index (κ2) is 4.55. The maximum absolute atomic E-state index is 13.4. The van der Waals surface area contributed by atoms with Crippen molar-refractivity contribution in [2.45, 2.75) is 0 Å². The average Bonchev–Trinajstić information content (AvgIpc) is 2.68. The molecule has 0 aliphatic heterocycles. The van der Waals surface area contributed by atoms with Crippen LogP contribution in [0, 0.1) is 5.82 Å². The number of aryl methyl sites for hydroxylation is 1. The molecule has 0 aliphatic rings. The Bertz CT molecular complexity index is 568. The minimum absolute atomic E-state index is 0.0839. The third kappa shape index (κ3) is 2.45. The number of benzene rings is 1. The first kappa shape index (κ1) is 11.6. The van der Waals surface area contributed by atoms with Gasteiger partial charge in [0.15, 0.2) is 0 Å². The molecule has 0 bridgehead atoms. The maximum Gasteiger partial charge on any atom is 0.273 e. The first-order valence-corrected chi connectivity index (χ1v) is 5.20. The van der Waals surface area contributed by atoms with E-state index in [1.54, 1.807) is 13.1 Å². The van der Waals surface area contributed by atoms with Crippen LogP contribution in [0.1, 0.15) is 10.5 Å². The van der Waals surface area contributed by atoms with Crippen LogP contribution in [0.15, 0.2) is 30.5 Å². The quantitative estimate of drug-likeness (QED) is 0.894. The van der Waals surface area contributed by atoms with E-state index in [1.165, 1.54) is 23.0 Å². The highest BCUT2D eigenvalue weighted by atomic mass is 35.5. The van der Waals surface area contributed by atoms with Crippen LogP contribution in [-0.2, 0) is 7.05 Å². The van der Waals surface area contributed by atoms with Crippen molar-refractivity contribution in [3.8, 4) is 0 Å². The van der Waals surface area contributed by atoms with Crippen LogP contribution >= 0.6 is 11.6 Å². The number of carbonyl (C=O) groups excluding carboxylic acids is 1. The highest BCUT2D eigenvalue weighted by Crippen LogP contribution is 2.19. The van der Waals surface area contributed by atoms with Crippen LogP contribution in [0.5, 0.6) is 0 Å². The number of halogens is 2. The number of nitrogens with one attached hydrogen (secondary N) is 1. The standard InChI is InChI=1S/C11H9ClFN3O/c1-16-10(4-5-14-16)11(17)15-9-3-2-7(12)6-8(9)13/h2-6H,1H3,(H,15,17). The van der Waals surface area contributed by atoms with Crippen LogP contribution < -0.4 is 5.32 Å². The molecule has 2 rings (SSSR count). The lowest BCUT2D eigenvalue weighted by molar-refractivity contribution is 0.101. The number of hydrogen-bond donors (Lipinski definition) is 1. The van der Waals surface area contributed by atoms with Crippen molar-refractivity contribution in [1.29, 1.82) is 0 Å². The van der Waals surface area contributed by atoms with E-state index in [-0.39, 0.29) is 10.7 Å². The van der Waals surface area contributed by atoms with Gasteiger partial charge in [0.25, 0.3) is 5.91 Å². The summed E-state index contributed by atoms with van der Waals surface area (Å²) < 4.78 is 14.8. The van der Waals surface area contributed by atoms with Crippen molar-refractivity contribution in [3.63, 3.8) is 0 Å². The molecule has 1 aromatic heterocycles. The molecule has 0 saturated carbocycles. The summed E-state index contributed by atoms with van der Waals surface area (Å²) >= 11 is 5.61. The van der Waals surface area contributed by atoms with Crippen LogP contribution in [0.3, 0.4) is 0 Å². The molecule has 1 aromatic carbocycles. The largest absolute Gasteiger partial charge is 0.318 e. The van der Waals surface area contributed by atoms with Crippen LogP contribution in [0.4, 0.5) is 10.1 Å². The molecule has 0 aliphatic carbocycles. The van der Waals surface area contributed by atoms with E-state index in [2.05, 4.69) is 10.4 Å². The zero-order valence-corrected chi connectivity index (χ0v) is 9.70. The van der Waals surface area contributed by atoms with Gasteiger partial charge in [0.2, 0.25) is 0 Å². The molecule has 1 N–H and O–H groups in total. The van der Waals surface area contributed by atoms with Crippen molar-refractivity contribution in [3.05, 3.63) is 47.0 Å². The van der Waals surface area contributed by atoms with Gasteiger partial charge in [-0.05, 0) is 24.3 Å². The summed E-state index contributed by atoms with van der Waals surface area (Å²) in [5.41, 5.74) is 0.431. The molecular formula is C11H9ClFN3O. The van der Waals surface area contributed by atoms with Crippen molar-refractivity contribution in [2.75, 3.05) is 5.32 Å². The van der Waals surface area contributed by atoms with Crippen molar-refractivity contribution < 1.29 is 9.18 Å². The Balaban J connectivity index is 2.22. The molecule has 88 valence electrons. The first-order chi connectivity index (χ1) is 8.08. The summed E-state index contributed by atoms with van der Waals surface area (Å²) in [6.07, 6.45) is 1.49. The number of carbonyl (C=O) groups is 1. The van der Waals surface area contributed by atoms with E-state index < -0.39 is 11.7 Å². The third-order valence-corrected chi connectivity index (χ3v) is 2.47. The highest BCUT2D eigenvalue weighted by Gasteiger charge is 2.12. The molecule has 0 spiro atoms. The van der Waals surface area contributed by atoms with E-state index in [1.807, 2.05) is 0 Å². The van der Waals surface area contributed by atoms with Gasteiger partial charge >= 0.3 is 0 Å². The number of nitrogens with zero attached hydrogens (tertiary/aromatic N) is 2. The Morgan fingerprint density at radius 1 is 1.47 bits per heavy atom. The average molecular weight is 254 g/mol. The number of amides is 1. The molecule has 0 saturated heterocycles. The third-order valence-electron chi connectivity index (χ3n) is 2.23. The molecule has 6 heteroatoms. The molecule has 0 atom stereocenters. The van der Waals surface area contributed by atoms with Crippen molar-refractivity contribution in [1.82, 2.24) is 9.78 Å². The Labute approximate surface area is 102 Å². The van der Waals surface area contributed by atoms with E-state index in [9.17, 15) is 9.18 Å². The Hall–Kier alpha value is -1.88. The predicted octanol–water partition coefficient (Wildman–Crippen LogP) is 2.46. The summed E-state index contributed by atoms with van der Waals surface area (Å²) in [7, 11) is 1.63. The minimum atomic E-state index is -0.576. The Kier molecular flexibility index (Phi) is 3.10. The molecular weight excluding hydrogens is 245 g/mol. The summed E-state index contributed by atoms with van der Waals surface area (Å²) in [5, 5.41) is 6.58. The van der Waals surface area contributed by atoms with E-state index >= 15 is 0 Å². The molecule has 17 heavy (non-hydrogen) atoms. The normalized spacial score (nSPS) is 10.3. The second-order valence-corrected chi connectivity index (χ2v) is 3.85. The van der Waals surface area contributed by atoms with Gasteiger partial charge in [-0.25, -0.2) is 4.39 Å². The minimum Gasteiger partial charge on any atom is -0.318 e. The van der Waals surface area contributed by atoms with Gasteiger partial charge in [-0.1, -0.05) is 11.6 Å². The highest BCUT2D eigenvalue weighted by molar-refractivity contribution is 6.30. The van der Waals surface area contributed by atoms with Gasteiger partial charge < -0.3 is 5.32 Å². The van der Waals surface area contributed by atoms with Crippen LogP contribution in [-0.4, -0.2) is 15.7 Å². The smallest absolute Gasteiger partial charge is 0.273 e. The number of hydrogen-bond acceptors (Lipinski definition) is 2.